The van der Waals surface area contributed by atoms with Gasteiger partial charge in [0.2, 0.25) is 0 Å². The maximum absolute atomic E-state index is 12.7. The number of carbonyl (C=O) groups is 1. The Balaban J connectivity index is 2.96. The van der Waals surface area contributed by atoms with Crippen LogP contribution in [0.2, 0.25) is 0 Å². The van der Waals surface area contributed by atoms with Gasteiger partial charge in [-0.05, 0) is 12.1 Å². The Morgan fingerprint density at radius 2 is 2.07 bits per heavy atom. The van der Waals surface area contributed by atoms with Crippen molar-refractivity contribution in [2.75, 3.05) is 11.0 Å². The molecule has 6 heteroatoms. The van der Waals surface area contributed by atoms with Crippen LogP contribution in [0.25, 0.3) is 0 Å². The van der Waals surface area contributed by atoms with Gasteiger partial charge in [0.15, 0.2) is 11.6 Å². The van der Waals surface area contributed by atoms with E-state index in [4.69, 9.17) is 0 Å². The standard InChI is InChI=1S/C8H6BrF2NO2/c1-14-8(13)12(9)5-2-3-6(10)7(11)4-5/h2-4H,1H3. The van der Waals surface area contributed by atoms with Gasteiger partial charge in [0, 0.05) is 6.07 Å². The van der Waals surface area contributed by atoms with E-state index in [1.807, 2.05) is 0 Å². The molecule has 0 spiro atoms. The Hall–Kier alpha value is -1.17. The molecular formula is C8H6BrF2NO2. The van der Waals surface area contributed by atoms with Gasteiger partial charge in [0.05, 0.1) is 28.9 Å². The number of hydrogen-bond donors (Lipinski definition) is 0. The quantitative estimate of drug-likeness (QED) is 0.731. The van der Waals surface area contributed by atoms with Crippen molar-refractivity contribution in [3.05, 3.63) is 29.8 Å². The number of benzene rings is 1. The molecular weight excluding hydrogens is 260 g/mol. The molecule has 0 aromatic heterocycles. The number of hydrogen-bond acceptors (Lipinski definition) is 2. The average molecular weight is 266 g/mol. The van der Waals surface area contributed by atoms with E-state index in [0.717, 1.165) is 16.1 Å². The summed E-state index contributed by atoms with van der Waals surface area (Å²) in [5, 5.41) is 0. The lowest BCUT2D eigenvalue weighted by Crippen LogP contribution is -2.19. The van der Waals surface area contributed by atoms with Crippen molar-refractivity contribution in [2.24, 2.45) is 0 Å². The summed E-state index contributed by atoms with van der Waals surface area (Å²) in [6, 6.07) is 3.03. The summed E-state index contributed by atoms with van der Waals surface area (Å²) in [5.41, 5.74) is 0.149. The van der Waals surface area contributed by atoms with Crippen molar-refractivity contribution in [3.63, 3.8) is 0 Å². The third kappa shape index (κ3) is 2.20. The number of anilines is 1. The fourth-order valence-corrected chi connectivity index (χ4v) is 1.16. The molecule has 76 valence electrons. The molecule has 0 aliphatic rings. The Labute approximate surface area is 87.6 Å². The van der Waals surface area contributed by atoms with E-state index in [1.165, 1.54) is 13.2 Å². The predicted molar refractivity (Wildman–Crippen MR) is 50.2 cm³/mol. The van der Waals surface area contributed by atoms with E-state index >= 15 is 0 Å². The molecule has 14 heavy (non-hydrogen) atoms. The average Bonchev–Trinajstić information content (AvgIpc) is 2.20. The Kier molecular flexibility index (Phi) is 3.40. The van der Waals surface area contributed by atoms with Crippen LogP contribution in [-0.4, -0.2) is 13.2 Å². The van der Waals surface area contributed by atoms with Gasteiger partial charge in [-0.25, -0.2) is 17.5 Å². The Morgan fingerprint density at radius 1 is 1.43 bits per heavy atom. The maximum atomic E-state index is 12.7. The number of carbonyl (C=O) groups excluding carboxylic acids is 1. The minimum absolute atomic E-state index is 0.149. The Bertz CT molecular complexity index is 359. The van der Waals surface area contributed by atoms with Gasteiger partial charge in [0.1, 0.15) is 0 Å². The number of rotatable bonds is 1. The highest BCUT2D eigenvalue weighted by atomic mass is 79.9. The predicted octanol–water partition coefficient (Wildman–Crippen LogP) is 2.85. The summed E-state index contributed by atoms with van der Waals surface area (Å²) in [4.78, 5) is 10.9. The summed E-state index contributed by atoms with van der Waals surface area (Å²) in [6.07, 6.45) is -0.726. The zero-order chi connectivity index (χ0) is 10.7. The van der Waals surface area contributed by atoms with Crippen LogP contribution in [0.5, 0.6) is 0 Å². The van der Waals surface area contributed by atoms with Gasteiger partial charge in [-0.2, -0.15) is 0 Å². The largest absolute Gasteiger partial charge is 0.452 e. The first kappa shape index (κ1) is 10.9. The lowest BCUT2D eigenvalue weighted by molar-refractivity contribution is 0.184. The molecule has 0 saturated heterocycles. The number of halogens is 3. The van der Waals surface area contributed by atoms with E-state index in [-0.39, 0.29) is 5.69 Å². The van der Waals surface area contributed by atoms with Crippen LogP contribution in [0.3, 0.4) is 0 Å². The number of nitrogens with zero attached hydrogens (tertiary/aromatic N) is 1. The van der Waals surface area contributed by atoms with E-state index in [0.29, 0.717) is 0 Å². The van der Waals surface area contributed by atoms with Gasteiger partial charge in [0.25, 0.3) is 0 Å². The van der Waals surface area contributed by atoms with Crippen molar-refractivity contribution >= 4 is 27.9 Å². The summed E-state index contributed by atoms with van der Waals surface area (Å²) >= 11 is 2.84. The van der Waals surface area contributed by atoms with E-state index in [1.54, 1.807) is 0 Å². The molecule has 1 rings (SSSR count). The monoisotopic (exact) mass is 265 g/mol. The van der Waals surface area contributed by atoms with Crippen molar-refractivity contribution in [1.82, 2.24) is 0 Å². The summed E-state index contributed by atoms with van der Waals surface area (Å²) < 4.78 is 30.5. The third-order valence-corrected chi connectivity index (χ3v) is 2.16. The van der Waals surface area contributed by atoms with Gasteiger partial charge >= 0.3 is 6.09 Å². The lowest BCUT2D eigenvalue weighted by atomic mass is 10.3. The molecule has 0 atom stereocenters. The lowest BCUT2D eigenvalue weighted by Gasteiger charge is -2.12. The SMILES string of the molecule is COC(=O)N(Br)c1ccc(F)c(F)c1. The van der Waals surface area contributed by atoms with Crippen LogP contribution in [0.15, 0.2) is 18.2 Å². The minimum Gasteiger partial charge on any atom is -0.452 e. The van der Waals surface area contributed by atoms with Crippen LogP contribution >= 0.6 is 16.1 Å². The second-order valence-corrected chi connectivity index (χ2v) is 3.06. The third-order valence-electron chi connectivity index (χ3n) is 1.46. The van der Waals surface area contributed by atoms with Crippen molar-refractivity contribution < 1.29 is 18.3 Å². The number of amides is 1. The smallest absolute Gasteiger partial charge is 0.424 e. The summed E-state index contributed by atoms with van der Waals surface area (Å²) in [5.74, 6) is -2.00. The maximum Gasteiger partial charge on any atom is 0.424 e. The highest BCUT2D eigenvalue weighted by Crippen LogP contribution is 2.21. The molecule has 0 unspecified atom stereocenters. The van der Waals surface area contributed by atoms with Gasteiger partial charge in [-0.1, -0.05) is 0 Å². The van der Waals surface area contributed by atoms with Gasteiger partial charge < -0.3 is 4.74 Å². The first-order valence-corrected chi connectivity index (χ1v) is 4.26. The Morgan fingerprint density at radius 3 is 2.57 bits per heavy atom. The topological polar surface area (TPSA) is 29.5 Å². The molecule has 0 aliphatic heterocycles. The van der Waals surface area contributed by atoms with Crippen LogP contribution < -0.4 is 3.93 Å². The zero-order valence-electron chi connectivity index (χ0n) is 7.13. The fourth-order valence-electron chi connectivity index (χ4n) is 0.793. The van der Waals surface area contributed by atoms with E-state index in [9.17, 15) is 13.6 Å². The molecule has 1 aromatic rings. The van der Waals surface area contributed by atoms with Gasteiger partial charge in [-0.3, -0.25) is 0 Å². The van der Waals surface area contributed by atoms with E-state index < -0.39 is 17.7 Å². The molecule has 0 radical (unpaired) electrons. The molecule has 0 saturated carbocycles. The molecule has 3 nitrogen and oxygen atoms in total. The van der Waals surface area contributed by atoms with Crippen molar-refractivity contribution in [2.45, 2.75) is 0 Å². The molecule has 0 heterocycles. The molecule has 1 aromatic carbocycles. The second-order valence-electron chi connectivity index (χ2n) is 2.35. The van der Waals surface area contributed by atoms with Crippen molar-refractivity contribution in [3.8, 4) is 0 Å². The van der Waals surface area contributed by atoms with Crippen LogP contribution in [0.1, 0.15) is 0 Å². The second kappa shape index (κ2) is 4.36. The van der Waals surface area contributed by atoms with Crippen LogP contribution in [0.4, 0.5) is 19.3 Å². The fraction of sp³-hybridized carbons (Fsp3) is 0.125. The molecule has 0 aliphatic carbocycles. The summed E-state index contributed by atoms with van der Waals surface area (Å²) in [7, 11) is 1.18. The highest BCUT2D eigenvalue weighted by molar-refractivity contribution is 9.10. The molecule has 0 N–H and O–H groups in total. The zero-order valence-corrected chi connectivity index (χ0v) is 8.72. The van der Waals surface area contributed by atoms with Gasteiger partial charge in [-0.15, -0.1) is 0 Å². The molecule has 0 bridgehead atoms. The number of methoxy groups -OCH3 is 1. The van der Waals surface area contributed by atoms with E-state index in [2.05, 4.69) is 20.9 Å². The van der Waals surface area contributed by atoms with Crippen molar-refractivity contribution in [1.29, 1.82) is 0 Å². The highest BCUT2D eigenvalue weighted by Gasteiger charge is 2.14. The minimum atomic E-state index is -1.03. The number of ether oxygens (including phenoxy) is 1. The molecule has 0 fully saturated rings. The molecule has 1 amide bonds. The van der Waals surface area contributed by atoms with Crippen LogP contribution in [-0.2, 0) is 4.74 Å². The normalized spacial score (nSPS) is 9.71. The first-order valence-electron chi connectivity index (χ1n) is 3.55. The summed E-state index contributed by atoms with van der Waals surface area (Å²) in [6.45, 7) is 0. The first-order chi connectivity index (χ1) is 6.56. The van der Waals surface area contributed by atoms with Crippen LogP contribution in [0, 0.1) is 11.6 Å².